The number of likely N-dealkylation sites (tertiary alicyclic amines) is 1. The molecular weight excluding hydrogens is 310 g/mol. The molecule has 2 atom stereocenters. The molecule has 130 valence electrons. The van der Waals surface area contributed by atoms with Crippen molar-refractivity contribution in [1.82, 2.24) is 24.2 Å². The van der Waals surface area contributed by atoms with Crippen LogP contribution in [0.15, 0.2) is 61.4 Å². The van der Waals surface area contributed by atoms with Gasteiger partial charge in [0, 0.05) is 43.3 Å². The molecular formula is C20H25N5. The highest BCUT2D eigenvalue weighted by Crippen LogP contribution is 2.28. The first-order chi connectivity index (χ1) is 12.3. The van der Waals surface area contributed by atoms with Crippen LogP contribution in [-0.2, 0) is 13.1 Å². The number of imidazole rings is 1. The fraction of sp³-hybridized carbons (Fsp3) is 0.400. The largest absolute Gasteiger partial charge is 0.333 e. The quantitative estimate of drug-likeness (QED) is 0.719. The van der Waals surface area contributed by atoms with Crippen molar-refractivity contribution in [2.45, 2.75) is 32.5 Å². The highest BCUT2D eigenvalue weighted by molar-refractivity contribution is 5.15. The van der Waals surface area contributed by atoms with E-state index in [1.807, 2.05) is 29.5 Å². The molecule has 0 N–H and O–H groups in total. The average molecular weight is 335 g/mol. The van der Waals surface area contributed by atoms with E-state index < -0.39 is 0 Å². The van der Waals surface area contributed by atoms with Gasteiger partial charge in [0.2, 0.25) is 0 Å². The van der Waals surface area contributed by atoms with Gasteiger partial charge in [-0.3, -0.25) is 9.58 Å². The van der Waals surface area contributed by atoms with Crippen molar-refractivity contribution in [3.05, 3.63) is 72.6 Å². The molecule has 1 aliphatic heterocycles. The molecule has 1 fully saturated rings. The molecule has 25 heavy (non-hydrogen) atoms. The van der Waals surface area contributed by atoms with Crippen LogP contribution in [0.5, 0.6) is 0 Å². The van der Waals surface area contributed by atoms with Crippen LogP contribution in [0, 0.1) is 5.92 Å². The van der Waals surface area contributed by atoms with Crippen molar-refractivity contribution >= 4 is 0 Å². The van der Waals surface area contributed by atoms with Gasteiger partial charge in [-0.2, -0.15) is 5.10 Å². The zero-order valence-electron chi connectivity index (χ0n) is 14.7. The summed E-state index contributed by atoms with van der Waals surface area (Å²) in [5, 5.41) is 4.54. The maximum absolute atomic E-state index is 4.54. The predicted octanol–water partition coefficient (Wildman–Crippen LogP) is 3.21. The van der Waals surface area contributed by atoms with Crippen molar-refractivity contribution < 1.29 is 0 Å². The minimum atomic E-state index is 0.510. The molecule has 0 radical (unpaired) electrons. The minimum Gasteiger partial charge on any atom is -0.333 e. The molecule has 0 spiro atoms. The molecule has 0 saturated carbocycles. The molecule has 0 aliphatic carbocycles. The van der Waals surface area contributed by atoms with Gasteiger partial charge < -0.3 is 4.57 Å². The van der Waals surface area contributed by atoms with Crippen LogP contribution in [0.25, 0.3) is 0 Å². The molecule has 1 aliphatic rings. The number of rotatable bonds is 5. The third kappa shape index (κ3) is 3.82. The van der Waals surface area contributed by atoms with E-state index in [0.29, 0.717) is 12.0 Å². The maximum atomic E-state index is 4.54. The maximum Gasteiger partial charge on any atom is 0.0949 e. The second-order valence-electron chi connectivity index (χ2n) is 7.11. The third-order valence-corrected chi connectivity index (χ3v) is 5.19. The summed E-state index contributed by atoms with van der Waals surface area (Å²) >= 11 is 0. The van der Waals surface area contributed by atoms with E-state index in [9.17, 15) is 0 Å². The van der Waals surface area contributed by atoms with Gasteiger partial charge in [0.05, 0.1) is 19.1 Å². The standard InChI is InChI=1S/C20H25N5/c1-17-7-9-23(15-20(17)24-10-8-21-16-24)12-19-11-22-25(14-19)13-18-5-3-2-4-6-18/h2-6,8,10-11,14,16-17,20H,7,9,12-13,15H2,1H3/t17-,20-/m1/s1. The second kappa shape index (κ2) is 7.23. The van der Waals surface area contributed by atoms with Crippen LogP contribution in [0.1, 0.15) is 30.5 Å². The summed E-state index contributed by atoms with van der Waals surface area (Å²) in [7, 11) is 0. The van der Waals surface area contributed by atoms with E-state index in [0.717, 1.165) is 26.2 Å². The summed E-state index contributed by atoms with van der Waals surface area (Å²) in [6, 6.07) is 11.0. The van der Waals surface area contributed by atoms with Crippen LogP contribution >= 0.6 is 0 Å². The zero-order valence-corrected chi connectivity index (χ0v) is 14.7. The van der Waals surface area contributed by atoms with Crippen LogP contribution in [-0.4, -0.2) is 37.3 Å². The Morgan fingerprint density at radius 1 is 1.12 bits per heavy atom. The van der Waals surface area contributed by atoms with Gasteiger partial charge in [0.15, 0.2) is 0 Å². The van der Waals surface area contributed by atoms with E-state index in [2.05, 4.69) is 63.1 Å². The van der Waals surface area contributed by atoms with Gasteiger partial charge >= 0.3 is 0 Å². The first-order valence-electron chi connectivity index (χ1n) is 9.03. The van der Waals surface area contributed by atoms with E-state index in [1.165, 1.54) is 17.5 Å². The van der Waals surface area contributed by atoms with Crippen molar-refractivity contribution in [3.63, 3.8) is 0 Å². The summed E-state index contributed by atoms with van der Waals surface area (Å²) in [5.74, 6) is 0.686. The van der Waals surface area contributed by atoms with Gasteiger partial charge in [-0.15, -0.1) is 0 Å². The van der Waals surface area contributed by atoms with Gasteiger partial charge in [0.25, 0.3) is 0 Å². The Labute approximate surface area is 148 Å². The number of benzene rings is 1. The Morgan fingerprint density at radius 2 is 2.00 bits per heavy atom. The van der Waals surface area contributed by atoms with E-state index in [4.69, 9.17) is 0 Å². The smallest absolute Gasteiger partial charge is 0.0949 e. The van der Waals surface area contributed by atoms with Crippen molar-refractivity contribution in [2.75, 3.05) is 13.1 Å². The Balaban J connectivity index is 1.39. The molecule has 3 heterocycles. The molecule has 1 aromatic carbocycles. The van der Waals surface area contributed by atoms with Crippen LogP contribution in [0.3, 0.4) is 0 Å². The van der Waals surface area contributed by atoms with Crippen molar-refractivity contribution in [3.8, 4) is 0 Å². The lowest BCUT2D eigenvalue weighted by Crippen LogP contribution is -2.39. The minimum absolute atomic E-state index is 0.510. The lowest BCUT2D eigenvalue weighted by Gasteiger charge is -2.37. The molecule has 0 amide bonds. The van der Waals surface area contributed by atoms with E-state index >= 15 is 0 Å². The van der Waals surface area contributed by atoms with Gasteiger partial charge in [-0.1, -0.05) is 37.3 Å². The number of piperidine rings is 1. The molecule has 3 aromatic rings. The highest BCUT2D eigenvalue weighted by atomic mass is 15.3. The molecule has 5 heteroatoms. The zero-order chi connectivity index (χ0) is 17.1. The fourth-order valence-corrected chi connectivity index (χ4v) is 3.71. The average Bonchev–Trinajstić information content (AvgIpc) is 3.30. The normalized spacial score (nSPS) is 21.5. The number of hydrogen-bond acceptors (Lipinski definition) is 3. The first kappa shape index (κ1) is 16.1. The van der Waals surface area contributed by atoms with Crippen molar-refractivity contribution in [2.24, 2.45) is 5.92 Å². The van der Waals surface area contributed by atoms with E-state index in [1.54, 1.807) is 0 Å². The summed E-state index contributed by atoms with van der Waals surface area (Å²) < 4.78 is 4.29. The summed E-state index contributed by atoms with van der Waals surface area (Å²) in [5.41, 5.74) is 2.57. The van der Waals surface area contributed by atoms with Crippen LogP contribution in [0.4, 0.5) is 0 Å². The fourth-order valence-electron chi connectivity index (χ4n) is 3.71. The molecule has 2 aromatic heterocycles. The third-order valence-electron chi connectivity index (χ3n) is 5.19. The summed E-state index contributed by atoms with van der Waals surface area (Å²) in [4.78, 5) is 6.75. The van der Waals surface area contributed by atoms with E-state index in [-0.39, 0.29) is 0 Å². The summed E-state index contributed by atoms with van der Waals surface area (Å²) in [6.07, 6.45) is 11.3. The van der Waals surface area contributed by atoms with Gasteiger partial charge in [-0.25, -0.2) is 4.98 Å². The Morgan fingerprint density at radius 3 is 2.80 bits per heavy atom. The van der Waals surface area contributed by atoms with Gasteiger partial charge in [0.1, 0.15) is 0 Å². The first-order valence-corrected chi connectivity index (χ1v) is 9.03. The molecule has 0 unspecified atom stereocenters. The van der Waals surface area contributed by atoms with Gasteiger partial charge in [-0.05, 0) is 24.4 Å². The number of nitrogens with zero attached hydrogens (tertiary/aromatic N) is 5. The number of aromatic nitrogens is 4. The topological polar surface area (TPSA) is 38.9 Å². The lowest BCUT2D eigenvalue weighted by molar-refractivity contribution is 0.126. The van der Waals surface area contributed by atoms with Crippen LogP contribution in [0.2, 0.25) is 0 Å². The molecule has 4 rings (SSSR count). The second-order valence-corrected chi connectivity index (χ2v) is 7.11. The lowest BCUT2D eigenvalue weighted by atomic mass is 9.93. The molecule has 5 nitrogen and oxygen atoms in total. The monoisotopic (exact) mass is 335 g/mol. The summed E-state index contributed by atoms with van der Waals surface area (Å²) in [6.45, 7) is 6.36. The highest BCUT2D eigenvalue weighted by Gasteiger charge is 2.27. The number of hydrogen-bond donors (Lipinski definition) is 0. The Kier molecular flexibility index (Phi) is 4.65. The Hall–Kier alpha value is -2.40. The molecule has 1 saturated heterocycles. The molecule has 0 bridgehead atoms. The predicted molar refractivity (Wildman–Crippen MR) is 98.1 cm³/mol. The van der Waals surface area contributed by atoms with Crippen molar-refractivity contribution in [1.29, 1.82) is 0 Å². The SMILES string of the molecule is C[C@@H]1CCN(Cc2cnn(Cc3ccccc3)c2)C[C@H]1n1ccnc1. The van der Waals surface area contributed by atoms with Crippen LogP contribution < -0.4 is 0 Å². The Bertz CT molecular complexity index is 778.